The topological polar surface area (TPSA) is 14.1 Å². The second-order valence-electron chi connectivity index (χ2n) is 2.15. The van der Waals surface area contributed by atoms with E-state index in [4.69, 9.17) is 11.6 Å². The molecular formula is C8H5ClN. The lowest BCUT2D eigenvalue weighted by molar-refractivity contribution is 1.22. The number of benzene rings is 1. The van der Waals surface area contributed by atoms with E-state index >= 15 is 0 Å². The number of nitrogens with zero attached hydrogens (tertiary/aromatic N) is 1. The maximum atomic E-state index is 5.75. The Bertz CT molecular complexity index is 291. The first-order valence-corrected chi connectivity index (χ1v) is 3.41. The van der Waals surface area contributed by atoms with E-state index in [0.717, 1.165) is 16.3 Å². The molecule has 0 fully saturated rings. The minimum absolute atomic E-state index is 0.764. The summed E-state index contributed by atoms with van der Waals surface area (Å²) in [7, 11) is 0. The molecule has 1 aromatic rings. The second-order valence-corrected chi connectivity index (χ2v) is 2.58. The molecule has 1 radical (unpaired) electrons. The minimum Gasteiger partial charge on any atom is -0.256 e. The summed E-state index contributed by atoms with van der Waals surface area (Å²) in [6, 6.07) is 5.67. The Morgan fingerprint density at radius 3 is 3.10 bits per heavy atom. The normalized spacial score (nSPS) is 12.9. The van der Waals surface area contributed by atoms with Crippen LogP contribution in [0.4, 0.5) is 5.69 Å². The van der Waals surface area contributed by atoms with E-state index in [1.807, 2.05) is 24.3 Å². The van der Waals surface area contributed by atoms with Crippen molar-refractivity contribution in [2.24, 2.45) is 0 Å². The highest BCUT2D eigenvalue weighted by atomic mass is 35.5. The van der Waals surface area contributed by atoms with Crippen molar-refractivity contribution in [3.8, 4) is 0 Å². The van der Waals surface area contributed by atoms with Gasteiger partial charge in [0.2, 0.25) is 0 Å². The lowest BCUT2D eigenvalue weighted by Gasteiger charge is -1.95. The Balaban J connectivity index is 2.60. The zero-order valence-electron chi connectivity index (χ0n) is 5.21. The highest BCUT2D eigenvalue weighted by Crippen LogP contribution is 2.25. The zero-order valence-corrected chi connectivity index (χ0v) is 5.97. The van der Waals surface area contributed by atoms with Crippen molar-refractivity contribution in [2.75, 3.05) is 0 Å². The molecule has 0 atom stereocenters. The largest absolute Gasteiger partial charge is 0.256 e. The Kier molecular flexibility index (Phi) is 1.18. The van der Waals surface area contributed by atoms with Gasteiger partial charge in [0.15, 0.2) is 0 Å². The molecule has 2 heteroatoms. The van der Waals surface area contributed by atoms with Crippen molar-refractivity contribution in [1.82, 2.24) is 5.32 Å². The number of rotatable bonds is 0. The smallest absolute Gasteiger partial charge is 0.0703 e. The summed E-state index contributed by atoms with van der Waals surface area (Å²) in [6.07, 6.45) is 3.72. The Morgan fingerprint density at radius 2 is 2.20 bits per heavy atom. The van der Waals surface area contributed by atoms with Gasteiger partial charge in [0.25, 0.3) is 0 Å². The van der Waals surface area contributed by atoms with Crippen molar-refractivity contribution in [1.29, 1.82) is 0 Å². The van der Waals surface area contributed by atoms with Gasteiger partial charge in [0, 0.05) is 16.8 Å². The van der Waals surface area contributed by atoms with E-state index in [2.05, 4.69) is 5.32 Å². The summed E-state index contributed by atoms with van der Waals surface area (Å²) in [4.78, 5) is 0. The minimum atomic E-state index is 0.764. The third-order valence-electron chi connectivity index (χ3n) is 1.46. The maximum absolute atomic E-state index is 5.75. The first kappa shape index (κ1) is 5.81. The predicted molar refractivity (Wildman–Crippen MR) is 42.3 cm³/mol. The van der Waals surface area contributed by atoms with Crippen LogP contribution < -0.4 is 5.32 Å². The Hall–Kier alpha value is -0.950. The lowest BCUT2D eigenvalue weighted by atomic mass is 10.2. The molecular weight excluding hydrogens is 146 g/mol. The van der Waals surface area contributed by atoms with E-state index in [1.165, 1.54) is 0 Å². The van der Waals surface area contributed by atoms with E-state index in [9.17, 15) is 0 Å². The van der Waals surface area contributed by atoms with Gasteiger partial charge in [-0.3, -0.25) is 5.32 Å². The van der Waals surface area contributed by atoms with E-state index in [0.29, 0.717) is 0 Å². The van der Waals surface area contributed by atoms with Gasteiger partial charge in [-0.25, -0.2) is 0 Å². The van der Waals surface area contributed by atoms with Crippen LogP contribution in [0.1, 0.15) is 5.56 Å². The van der Waals surface area contributed by atoms with E-state index < -0.39 is 0 Å². The summed E-state index contributed by atoms with van der Waals surface area (Å²) in [5.74, 6) is 0. The molecule has 0 N–H and O–H groups in total. The van der Waals surface area contributed by atoms with Gasteiger partial charge < -0.3 is 0 Å². The highest BCUT2D eigenvalue weighted by molar-refractivity contribution is 6.30. The number of hydrogen-bond donors (Lipinski definition) is 0. The quantitative estimate of drug-likeness (QED) is 0.540. The summed E-state index contributed by atoms with van der Waals surface area (Å²) in [5.41, 5.74) is 2.11. The van der Waals surface area contributed by atoms with Crippen LogP contribution in [-0.2, 0) is 0 Å². The van der Waals surface area contributed by atoms with Crippen LogP contribution in [-0.4, -0.2) is 0 Å². The molecule has 0 bridgehead atoms. The van der Waals surface area contributed by atoms with Gasteiger partial charge in [-0.1, -0.05) is 11.6 Å². The summed E-state index contributed by atoms with van der Waals surface area (Å²) >= 11 is 5.75. The highest BCUT2D eigenvalue weighted by Gasteiger charge is 2.04. The predicted octanol–water partition coefficient (Wildman–Crippen LogP) is 2.56. The fourth-order valence-corrected chi connectivity index (χ4v) is 1.15. The summed E-state index contributed by atoms with van der Waals surface area (Å²) < 4.78 is 0. The van der Waals surface area contributed by atoms with Crippen LogP contribution in [0, 0.1) is 0 Å². The first-order valence-electron chi connectivity index (χ1n) is 3.03. The van der Waals surface area contributed by atoms with Crippen LogP contribution in [0.3, 0.4) is 0 Å². The Morgan fingerprint density at radius 1 is 1.30 bits per heavy atom. The third-order valence-corrected chi connectivity index (χ3v) is 1.69. The van der Waals surface area contributed by atoms with Crippen molar-refractivity contribution in [3.63, 3.8) is 0 Å². The first-order chi connectivity index (χ1) is 4.86. The van der Waals surface area contributed by atoms with Crippen molar-refractivity contribution in [3.05, 3.63) is 35.0 Å². The number of hydrogen-bond acceptors (Lipinski definition) is 0. The number of halogens is 1. The fourth-order valence-electron chi connectivity index (χ4n) is 0.974. The van der Waals surface area contributed by atoms with Crippen molar-refractivity contribution in [2.45, 2.75) is 0 Å². The van der Waals surface area contributed by atoms with E-state index in [1.54, 1.807) is 6.20 Å². The van der Waals surface area contributed by atoms with Gasteiger partial charge in [-0.15, -0.1) is 0 Å². The van der Waals surface area contributed by atoms with Gasteiger partial charge >= 0.3 is 0 Å². The zero-order chi connectivity index (χ0) is 6.97. The monoisotopic (exact) mass is 150 g/mol. The second kappa shape index (κ2) is 2.03. The maximum Gasteiger partial charge on any atom is 0.0703 e. The molecule has 1 aliphatic rings. The van der Waals surface area contributed by atoms with Crippen LogP contribution in [0.15, 0.2) is 24.4 Å². The van der Waals surface area contributed by atoms with Crippen molar-refractivity contribution >= 4 is 23.4 Å². The average Bonchev–Trinajstić information content (AvgIpc) is 2.33. The molecule has 1 heterocycles. The van der Waals surface area contributed by atoms with Gasteiger partial charge in [0.05, 0.1) is 5.69 Å². The lowest BCUT2D eigenvalue weighted by Crippen LogP contribution is -1.79. The molecule has 49 valence electrons. The molecule has 0 saturated heterocycles. The van der Waals surface area contributed by atoms with Gasteiger partial charge in [-0.2, -0.15) is 0 Å². The van der Waals surface area contributed by atoms with E-state index in [-0.39, 0.29) is 0 Å². The molecule has 10 heavy (non-hydrogen) atoms. The molecule has 0 aliphatic carbocycles. The third kappa shape index (κ3) is 0.792. The standard InChI is InChI=1S/C8H5ClN/c9-7-1-2-8-6(5-7)3-4-10-8/h1-5H. The summed E-state index contributed by atoms with van der Waals surface area (Å²) in [6.45, 7) is 0. The van der Waals surface area contributed by atoms with Crippen LogP contribution in [0.2, 0.25) is 5.02 Å². The molecule has 0 unspecified atom stereocenters. The fraction of sp³-hybridized carbons (Fsp3) is 0. The molecule has 1 aromatic carbocycles. The van der Waals surface area contributed by atoms with Crippen molar-refractivity contribution < 1.29 is 0 Å². The molecule has 1 nitrogen and oxygen atoms in total. The molecule has 0 spiro atoms. The molecule has 1 aliphatic heterocycles. The SMILES string of the molecule is Clc1ccc2c(c1)C=C[N]2. The molecule has 0 amide bonds. The van der Waals surface area contributed by atoms with Crippen LogP contribution in [0.5, 0.6) is 0 Å². The van der Waals surface area contributed by atoms with Gasteiger partial charge in [0.1, 0.15) is 0 Å². The average molecular weight is 151 g/mol. The number of fused-ring (bicyclic) bond motifs is 1. The molecule has 0 saturated carbocycles. The molecule has 0 aromatic heterocycles. The van der Waals surface area contributed by atoms with Crippen LogP contribution >= 0.6 is 11.6 Å². The van der Waals surface area contributed by atoms with Gasteiger partial charge in [-0.05, 0) is 24.3 Å². The van der Waals surface area contributed by atoms with Crippen LogP contribution in [0.25, 0.3) is 6.08 Å². The summed E-state index contributed by atoms with van der Waals surface area (Å²) in [5, 5.41) is 4.87. The Labute approximate surface area is 64.3 Å². The molecule has 2 rings (SSSR count).